The van der Waals surface area contributed by atoms with E-state index in [0.717, 1.165) is 30.9 Å². The van der Waals surface area contributed by atoms with Crippen molar-refractivity contribution in [3.63, 3.8) is 0 Å². The number of carbonyl (C=O) groups is 1. The Morgan fingerprint density at radius 2 is 2.22 bits per heavy atom. The highest BCUT2D eigenvalue weighted by atomic mass is 16.6. The number of rotatable bonds is 4. The van der Waals surface area contributed by atoms with E-state index in [1.807, 2.05) is 12.1 Å². The van der Waals surface area contributed by atoms with Crippen molar-refractivity contribution in [2.75, 3.05) is 31.6 Å². The SMILES string of the molecule is CN1CCN2c3ccc([N+](=O)[O-])cc3CC(C(=O)NCc3ccco3)C2C1. The van der Waals surface area contributed by atoms with Crippen LogP contribution in [0.3, 0.4) is 0 Å². The van der Waals surface area contributed by atoms with E-state index in [0.29, 0.717) is 18.7 Å². The van der Waals surface area contributed by atoms with Gasteiger partial charge in [-0.05, 0) is 37.2 Å². The van der Waals surface area contributed by atoms with Gasteiger partial charge in [-0.15, -0.1) is 0 Å². The lowest BCUT2D eigenvalue weighted by atomic mass is 9.83. The molecule has 3 heterocycles. The van der Waals surface area contributed by atoms with Gasteiger partial charge in [0.05, 0.1) is 29.7 Å². The van der Waals surface area contributed by atoms with Crippen molar-refractivity contribution < 1.29 is 14.1 Å². The van der Waals surface area contributed by atoms with E-state index >= 15 is 0 Å². The second-order valence-corrected chi connectivity index (χ2v) is 7.20. The maximum atomic E-state index is 13.0. The summed E-state index contributed by atoms with van der Waals surface area (Å²) in [5, 5.41) is 14.1. The second-order valence-electron chi connectivity index (χ2n) is 7.20. The number of carbonyl (C=O) groups excluding carboxylic acids is 1. The van der Waals surface area contributed by atoms with Gasteiger partial charge in [-0.2, -0.15) is 0 Å². The quantitative estimate of drug-likeness (QED) is 0.652. The number of likely N-dealkylation sites (N-methyl/N-ethyl adjacent to an activating group) is 1. The Balaban J connectivity index is 1.61. The first kappa shape index (κ1) is 17.5. The Hall–Kier alpha value is -2.87. The largest absolute Gasteiger partial charge is 0.467 e. The fourth-order valence-electron chi connectivity index (χ4n) is 4.09. The predicted octanol–water partition coefficient (Wildman–Crippen LogP) is 1.80. The number of hydrogen-bond acceptors (Lipinski definition) is 6. The normalized spacial score (nSPS) is 22.0. The van der Waals surface area contributed by atoms with Gasteiger partial charge < -0.3 is 19.5 Å². The summed E-state index contributed by atoms with van der Waals surface area (Å²) in [5.41, 5.74) is 1.94. The third-order valence-electron chi connectivity index (χ3n) is 5.46. The number of amides is 1. The zero-order chi connectivity index (χ0) is 19.0. The maximum Gasteiger partial charge on any atom is 0.269 e. The molecule has 0 bridgehead atoms. The Morgan fingerprint density at radius 1 is 1.37 bits per heavy atom. The molecular formula is C19H22N4O4. The second kappa shape index (κ2) is 7.03. The summed E-state index contributed by atoms with van der Waals surface area (Å²) >= 11 is 0. The van der Waals surface area contributed by atoms with Crippen LogP contribution in [0.1, 0.15) is 11.3 Å². The van der Waals surface area contributed by atoms with Crippen molar-refractivity contribution in [3.8, 4) is 0 Å². The number of piperazine rings is 1. The van der Waals surface area contributed by atoms with Crippen LogP contribution in [0, 0.1) is 16.0 Å². The first-order valence-electron chi connectivity index (χ1n) is 9.05. The Kier molecular flexibility index (Phi) is 4.57. The molecule has 1 fully saturated rings. The van der Waals surface area contributed by atoms with Gasteiger partial charge in [0.1, 0.15) is 5.76 Å². The molecule has 0 aliphatic carbocycles. The van der Waals surface area contributed by atoms with Gasteiger partial charge in [-0.1, -0.05) is 0 Å². The molecule has 1 amide bonds. The minimum atomic E-state index is -0.387. The summed E-state index contributed by atoms with van der Waals surface area (Å²) in [6.45, 7) is 2.82. The van der Waals surface area contributed by atoms with E-state index in [9.17, 15) is 14.9 Å². The predicted molar refractivity (Wildman–Crippen MR) is 99.5 cm³/mol. The average Bonchev–Trinajstić information content (AvgIpc) is 3.18. The van der Waals surface area contributed by atoms with Crippen molar-refractivity contribution in [2.45, 2.75) is 19.0 Å². The standard InChI is InChI=1S/C19H22N4O4/c1-21-6-7-22-17-5-4-14(23(25)26)9-13(17)10-16(18(22)12-21)19(24)20-11-15-3-2-8-27-15/h2-5,8-9,16,18H,6-7,10-12H2,1H3,(H,20,24). The molecule has 8 nitrogen and oxygen atoms in total. The van der Waals surface area contributed by atoms with Crippen LogP contribution in [0.4, 0.5) is 11.4 Å². The van der Waals surface area contributed by atoms with E-state index in [4.69, 9.17) is 4.42 Å². The molecule has 1 saturated heterocycles. The minimum absolute atomic E-state index is 0.0474. The number of benzene rings is 1. The van der Waals surface area contributed by atoms with Crippen molar-refractivity contribution in [2.24, 2.45) is 5.92 Å². The highest BCUT2D eigenvalue weighted by Gasteiger charge is 2.41. The summed E-state index contributed by atoms with van der Waals surface area (Å²) in [4.78, 5) is 28.2. The summed E-state index contributed by atoms with van der Waals surface area (Å²) in [7, 11) is 2.06. The highest BCUT2D eigenvalue weighted by Crippen LogP contribution is 2.37. The van der Waals surface area contributed by atoms with Crippen LogP contribution >= 0.6 is 0 Å². The van der Waals surface area contributed by atoms with E-state index in [-0.39, 0.29) is 28.5 Å². The Morgan fingerprint density at radius 3 is 2.96 bits per heavy atom. The first-order valence-corrected chi connectivity index (χ1v) is 9.05. The number of nitrogens with zero attached hydrogens (tertiary/aromatic N) is 3. The van der Waals surface area contributed by atoms with Gasteiger partial charge >= 0.3 is 0 Å². The Bertz CT molecular complexity index is 851. The number of anilines is 1. The highest BCUT2D eigenvalue weighted by molar-refractivity contribution is 5.82. The smallest absolute Gasteiger partial charge is 0.269 e. The van der Waals surface area contributed by atoms with Crippen molar-refractivity contribution in [3.05, 3.63) is 58.0 Å². The molecule has 0 saturated carbocycles. The molecule has 27 heavy (non-hydrogen) atoms. The monoisotopic (exact) mass is 370 g/mol. The number of non-ortho nitro benzene ring substituents is 1. The van der Waals surface area contributed by atoms with Gasteiger partial charge in [0.25, 0.3) is 5.69 Å². The lowest BCUT2D eigenvalue weighted by molar-refractivity contribution is -0.384. The van der Waals surface area contributed by atoms with Gasteiger partial charge in [0, 0.05) is 37.5 Å². The lowest BCUT2D eigenvalue weighted by Gasteiger charge is -2.48. The molecular weight excluding hydrogens is 348 g/mol. The number of fused-ring (bicyclic) bond motifs is 3. The average molecular weight is 370 g/mol. The third-order valence-corrected chi connectivity index (χ3v) is 5.46. The number of nitro benzene ring substituents is 1. The number of furan rings is 1. The van der Waals surface area contributed by atoms with Crippen LogP contribution in [0.25, 0.3) is 0 Å². The number of nitrogens with one attached hydrogen (secondary N) is 1. The van der Waals surface area contributed by atoms with Crippen molar-refractivity contribution in [1.82, 2.24) is 10.2 Å². The van der Waals surface area contributed by atoms with Gasteiger partial charge in [-0.25, -0.2) is 0 Å². The molecule has 4 rings (SSSR count). The molecule has 2 aliphatic heterocycles. The van der Waals surface area contributed by atoms with Crippen LogP contribution < -0.4 is 10.2 Å². The summed E-state index contributed by atoms with van der Waals surface area (Å²) in [6, 6.07) is 8.63. The Labute approximate surface area is 156 Å². The zero-order valence-electron chi connectivity index (χ0n) is 15.1. The number of hydrogen-bond donors (Lipinski definition) is 1. The van der Waals surface area contributed by atoms with E-state index < -0.39 is 0 Å². The molecule has 8 heteroatoms. The summed E-state index contributed by atoms with van der Waals surface area (Å²) < 4.78 is 5.28. The fourth-order valence-corrected chi connectivity index (χ4v) is 4.09. The fraction of sp³-hybridized carbons (Fsp3) is 0.421. The van der Waals surface area contributed by atoms with Gasteiger partial charge in [0.15, 0.2) is 0 Å². The number of nitro groups is 1. The van der Waals surface area contributed by atoms with Crippen LogP contribution in [0.15, 0.2) is 41.0 Å². The molecule has 0 spiro atoms. The van der Waals surface area contributed by atoms with Crippen LogP contribution in [-0.4, -0.2) is 48.5 Å². The van der Waals surface area contributed by atoms with Crippen molar-refractivity contribution >= 4 is 17.3 Å². The molecule has 1 N–H and O–H groups in total. The van der Waals surface area contributed by atoms with E-state index in [1.165, 1.54) is 0 Å². The molecule has 2 aliphatic rings. The zero-order valence-corrected chi connectivity index (χ0v) is 15.1. The summed E-state index contributed by atoms with van der Waals surface area (Å²) in [6.07, 6.45) is 2.07. The molecule has 1 aromatic carbocycles. The third kappa shape index (κ3) is 3.40. The first-order chi connectivity index (χ1) is 13.0. The van der Waals surface area contributed by atoms with Crippen LogP contribution in [0.2, 0.25) is 0 Å². The molecule has 2 aromatic rings. The van der Waals surface area contributed by atoms with E-state index in [1.54, 1.807) is 24.5 Å². The molecule has 2 atom stereocenters. The molecule has 2 unspecified atom stereocenters. The van der Waals surface area contributed by atoms with Crippen LogP contribution in [0.5, 0.6) is 0 Å². The minimum Gasteiger partial charge on any atom is -0.467 e. The molecule has 142 valence electrons. The van der Waals surface area contributed by atoms with Gasteiger partial charge in [0.2, 0.25) is 5.91 Å². The molecule has 1 aromatic heterocycles. The summed E-state index contributed by atoms with van der Waals surface area (Å²) in [5.74, 6) is 0.388. The molecule has 0 radical (unpaired) electrons. The topological polar surface area (TPSA) is 91.9 Å². The van der Waals surface area contributed by atoms with E-state index in [2.05, 4.69) is 22.2 Å². The van der Waals surface area contributed by atoms with Crippen LogP contribution in [-0.2, 0) is 17.8 Å². The van der Waals surface area contributed by atoms with Crippen molar-refractivity contribution in [1.29, 1.82) is 0 Å². The maximum absolute atomic E-state index is 13.0. The van der Waals surface area contributed by atoms with Gasteiger partial charge in [-0.3, -0.25) is 14.9 Å². The lowest BCUT2D eigenvalue weighted by Crippen LogP contribution is -2.60.